The molecule has 122 valence electrons. The molecule has 1 aromatic carbocycles. The minimum Gasteiger partial charge on any atom is -0.448 e. The van der Waals surface area contributed by atoms with Gasteiger partial charge in [-0.15, -0.1) is 0 Å². The van der Waals surface area contributed by atoms with Gasteiger partial charge in [-0.3, -0.25) is 9.59 Å². The lowest BCUT2D eigenvalue weighted by molar-refractivity contribution is -0.129. The van der Waals surface area contributed by atoms with Gasteiger partial charge in [0.15, 0.2) is 11.8 Å². The van der Waals surface area contributed by atoms with E-state index >= 15 is 0 Å². The van der Waals surface area contributed by atoms with E-state index in [0.717, 1.165) is 11.1 Å². The molecule has 1 N–H and O–H groups in total. The number of carbonyl (C=O) groups is 2. The van der Waals surface area contributed by atoms with E-state index in [1.165, 1.54) is 14.0 Å². The van der Waals surface area contributed by atoms with Crippen LogP contribution in [0.15, 0.2) is 29.1 Å². The lowest BCUT2D eigenvalue weighted by atomic mass is 10.1. The van der Waals surface area contributed by atoms with Crippen LogP contribution in [-0.2, 0) is 16.6 Å². The predicted molar refractivity (Wildman–Crippen MR) is 85.2 cm³/mol. The largest absolute Gasteiger partial charge is 0.448 e. The monoisotopic (exact) mass is 317 g/mol. The molecule has 0 fully saturated rings. The van der Waals surface area contributed by atoms with Crippen LogP contribution in [0.1, 0.15) is 30.8 Å². The number of rotatable bonds is 5. The quantitative estimate of drug-likeness (QED) is 0.831. The number of aryl methyl sites for hydroxylation is 1. The SMILES string of the molecule is CCCNC(=O)C(C)OC(=O)c1nn(C)c(=O)c2ccccc12. The fourth-order valence-electron chi connectivity index (χ4n) is 2.11. The van der Waals surface area contributed by atoms with E-state index < -0.39 is 12.1 Å². The van der Waals surface area contributed by atoms with Gasteiger partial charge in [0.2, 0.25) is 0 Å². The maximum Gasteiger partial charge on any atom is 0.360 e. The van der Waals surface area contributed by atoms with Gasteiger partial charge in [0.05, 0.1) is 5.39 Å². The summed E-state index contributed by atoms with van der Waals surface area (Å²) in [5.41, 5.74) is -0.288. The Morgan fingerprint density at radius 1 is 1.30 bits per heavy atom. The molecule has 0 radical (unpaired) electrons. The number of amides is 1. The number of hydrogen-bond donors (Lipinski definition) is 1. The lowest BCUT2D eigenvalue weighted by Crippen LogP contribution is -2.36. The number of nitrogens with one attached hydrogen (secondary N) is 1. The first-order valence-electron chi connectivity index (χ1n) is 7.40. The van der Waals surface area contributed by atoms with Crippen LogP contribution in [0.25, 0.3) is 10.8 Å². The number of nitrogens with zero attached hydrogens (tertiary/aromatic N) is 2. The minimum absolute atomic E-state index is 0.0119. The molecule has 7 heteroatoms. The van der Waals surface area contributed by atoms with Crippen molar-refractivity contribution in [2.45, 2.75) is 26.4 Å². The van der Waals surface area contributed by atoms with E-state index in [1.54, 1.807) is 24.3 Å². The summed E-state index contributed by atoms with van der Waals surface area (Å²) in [6.07, 6.45) is -0.147. The van der Waals surface area contributed by atoms with Crippen LogP contribution in [0.3, 0.4) is 0 Å². The Morgan fingerprint density at radius 2 is 1.96 bits per heavy atom. The predicted octanol–water partition coefficient (Wildman–Crippen LogP) is 1.00. The Labute approximate surface area is 133 Å². The Bertz CT molecular complexity index is 798. The first-order valence-corrected chi connectivity index (χ1v) is 7.40. The summed E-state index contributed by atoms with van der Waals surface area (Å²) in [7, 11) is 1.46. The third-order valence-corrected chi connectivity index (χ3v) is 3.35. The van der Waals surface area contributed by atoms with E-state index in [9.17, 15) is 14.4 Å². The molecule has 1 aromatic heterocycles. The van der Waals surface area contributed by atoms with Crippen LogP contribution >= 0.6 is 0 Å². The number of fused-ring (bicyclic) bond motifs is 1. The number of esters is 1. The normalized spacial score (nSPS) is 12.0. The third kappa shape index (κ3) is 3.56. The van der Waals surface area contributed by atoms with E-state index in [0.29, 0.717) is 17.3 Å². The molecule has 23 heavy (non-hydrogen) atoms. The number of aromatic nitrogens is 2. The average Bonchev–Trinajstić information content (AvgIpc) is 2.55. The summed E-state index contributed by atoms with van der Waals surface area (Å²) < 4.78 is 6.25. The topological polar surface area (TPSA) is 90.3 Å². The Kier molecular flexibility index (Phi) is 5.10. The molecule has 2 aromatic rings. The second-order valence-corrected chi connectivity index (χ2v) is 5.16. The van der Waals surface area contributed by atoms with Crippen LogP contribution in [0, 0.1) is 0 Å². The van der Waals surface area contributed by atoms with Gasteiger partial charge < -0.3 is 10.1 Å². The highest BCUT2D eigenvalue weighted by Crippen LogP contribution is 2.14. The molecule has 0 saturated heterocycles. The van der Waals surface area contributed by atoms with Gasteiger partial charge in [0, 0.05) is 19.0 Å². The highest BCUT2D eigenvalue weighted by atomic mass is 16.5. The molecule has 0 aliphatic rings. The van der Waals surface area contributed by atoms with E-state index in [-0.39, 0.29) is 17.2 Å². The van der Waals surface area contributed by atoms with Crippen molar-refractivity contribution in [2.24, 2.45) is 7.05 Å². The first kappa shape index (κ1) is 16.7. The number of ether oxygens (including phenoxy) is 1. The molecule has 7 nitrogen and oxygen atoms in total. The maximum atomic E-state index is 12.3. The molecular formula is C16H19N3O4. The zero-order valence-electron chi connectivity index (χ0n) is 13.3. The van der Waals surface area contributed by atoms with Crippen LogP contribution < -0.4 is 10.9 Å². The summed E-state index contributed by atoms with van der Waals surface area (Å²) in [6.45, 7) is 3.94. The van der Waals surface area contributed by atoms with Crippen molar-refractivity contribution >= 4 is 22.6 Å². The van der Waals surface area contributed by atoms with Gasteiger partial charge in [-0.05, 0) is 19.4 Å². The highest BCUT2D eigenvalue weighted by molar-refractivity contribution is 6.02. The van der Waals surface area contributed by atoms with Gasteiger partial charge in [0.25, 0.3) is 11.5 Å². The summed E-state index contributed by atoms with van der Waals surface area (Å²) in [5, 5.41) is 7.41. The molecule has 0 saturated carbocycles. The summed E-state index contributed by atoms with van der Waals surface area (Å²) in [6, 6.07) is 6.66. The van der Waals surface area contributed by atoms with E-state index in [1.807, 2.05) is 6.92 Å². The molecule has 2 rings (SSSR count). The van der Waals surface area contributed by atoms with Crippen LogP contribution in [0.4, 0.5) is 0 Å². The van der Waals surface area contributed by atoms with Crippen molar-refractivity contribution in [1.29, 1.82) is 0 Å². The second kappa shape index (κ2) is 7.04. The van der Waals surface area contributed by atoms with Gasteiger partial charge in [-0.1, -0.05) is 25.1 Å². The molecule has 1 unspecified atom stereocenters. The standard InChI is InChI=1S/C16H19N3O4/c1-4-9-17-14(20)10(2)23-16(22)13-11-7-5-6-8-12(11)15(21)19(3)18-13/h5-8,10H,4,9H2,1-3H3,(H,17,20). The van der Waals surface area contributed by atoms with Gasteiger partial charge >= 0.3 is 5.97 Å². The molecule has 0 aliphatic carbocycles. The molecule has 0 spiro atoms. The van der Waals surface area contributed by atoms with Crippen molar-refractivity contribution < 1.29 is 14.3 Å². The average molecular weight is 317 g/mol. The van der Waals surface area contributed by atoms with Gasteiger partial charge in [-0.25, -0.2) is 9.48 Å². The highest BCUT2D eigenvalue weighted by Gasteiger charge is 2.22. The smallest absolute Gasteiger partial charge is 0.360 e. The molecule has 0 aliphatic heterocycles. The lowest BCUT2D eigenvalue weighted by Gasteiger charge is -2.14. The van der Waals surface area contributed by atoms with Crippen LogP contribution in [-0.4, -0.2) is 34.3 Å². The van der Waals surface area contributed by atoms with Crippen molar-refractivity contribution in [3.8, 4) is 0 Å². The molecule has 1 heterocycles. The summed E-state index contributed by atoms with van der Waals surface area (Å²) in [4.78, 5) is 36.2. The molecule has 1 atom stereocenters. The minimum atomic E-state index is -0.938. The Balaban J connectivity index is 2.30. The van der Waals surface area contributed by atoms with Gasteiger partial charge in [-0.2, -0.15) is 5.10 Å². The Morgan fingerprint density at radius 3 is 2.61 bits per heavy atom. The zero-order chi connectivity index (χ0) is 17.0. The number of hydrogen-bond acceptors (Lipinski definition) is 5. The molecule has 1 amide bonds. The molecule has 0 bridgehead atoms. The van der Waals surface area contributed by atoms with Crippen molar-refractivity contribution in [1.82, 2.24) is 15.1 Å². The second-order valence-electron chi connectivity index (χ2n) is 5.16. The fourth-order valence-corrected chi connectivity index (χ4v) is 2.11. The first-order chi connectivity index (χ1) is 11.0. The van der Waals surface area contributed by atoms with Gasteiger partial charge in [0.1, 0.15) is 0 Å². The summed E-state index contributed by atoms with van der Waals surface area (Å²) in [5.74, 6) is -1.11. The van der Waals surface area contributed by atoms with Crippen molar-refractivity contribution in [3.05, 3.63) is 40.3 Å². The third-order valence-electron chi connectivity index (χ3n) is 3.35. The molecular weight excluding hydrogens is 298 g/mol. The van der Waals surface area contributed by atoms with E-state index in [4.69, 9.17) is 4.74 Å². The summed E-state index contributed by atoms with van der Waals surface area (Å²) >= 11 is 0. The number of carbonyl (C=O) groups excluding carboxylic acids is 2. The van der Waals surface area contributed by atoms with Crippen LogP contribution in [0.5, 0.6) is 0 Å². The van der Waals surface area contributed by atoms with E-state index in [2.05, 4.69) is 10.4 Å². The number of benzene rings is 1. The van der Waals surface area contributed by atoms with Crippen molar-refractivity contribution in [2.75, 3.05) is 6.54 Å². The Hall–Kier alpha value is -2.70. The zero-order valence-corrected chi connectivity index (χ0v) is 13.3. The maximum absolute atomic E-state index is 12.3. The fraction of sp³-hybridized carbons (Fsp3) is 0.375. The van der Waals surface area contributed by atoms with Crippen LogP contribution in [0.2, 0.25) is 0 Å². The van der Waals surface area contributed by atoms with Crippen molar-refractivity contribution in [3.63, 3.8) is 0 Å².